The summed E-state index contributed by atoms with van der Waals surface area (Å²) >= 11 is 1.44. The lowest BCUT2D eigenvalue weighted by Gasteiger charge is -2.20. The van der Waals surface area contributed by atoms with Gasteiger partial charge in [-0.15, -0.1) is 0 Å². The fourth-order valence-electron chi connectivity index (χ4n) is 3.97. The van der Waals surface area contributed by atoms with E-state index in [1.807, 2.05) is 43.3 Å². The van der Waals surface area contributed by atoms with Crippen molar-refractivity contribution in [2.45, 2.75) is 44.9 Å². The summed E-state index contributed by atoms with van der Waals surface area (Å²) in [5, 5.41) is 16.1. The SMILES string of the molecule is CN(C)c1ccc(/C=C2\C(=N)N3N=C(CCC4CCCCC4)SC3=NC2=O)cc1. The highest BCUT2D eigenvalue weighted by atomic mass is 32.2. The Morgan fingerprint density at radius 3 is 2.62 bits per heavy atom. The van der Waals surface area contributed by atoms with Gasteiger partial charge in [-0.2, -0.15) is 15.1 Å². The Balaban J connectivity index is 1.47. The van der Waals surface area contributed by atoms with Crippen LogP contribution >= 0.6 is 11.8 Å². The highest BCUT2D eigenvalue weighted by Crippen LogP contribution is 2.33. The molecule has 0 aromatic heterocycles. The first kappa shape index (κ1) is 19.9. The van der Waals surface area contributed by atoms with E-state index in [1.54, 1.807) is 6.08 Å². The van der Waals surface area contributed by atoms with Gasteiger partial charge in [0.15, 0.2) is 5.84 Å². The van der Waals surface area contributed by atoms with Crippen LogP contribution in [-0.4, -0.2) is 41.1 Å². The number of nitrogens with zero attached hydrogens (tertiary/aromatic N) is 4. The second kappa shape index (κ2) is 8.53. The third kappa shape index (κ3) is 4.45. The molecule has 1 aromatic rings. The van der Waals surface area contributed by atoms with Gasteiger partial charge in [0.05, 0.1) is 5.57 Å². The maximum atomic E-state index is 12.5. The van der Waals surface area contributed by atoms with Crippen molar-refractivity contribution in [1.29, 1.82) is 5.41 Å². The number of hydrazone groups is 1. The molecular formula is C22H27N5OS. The molecule has 3 aliphatic rings. The molecule has 0 unspecified atom stereocenters. The third-order valence-corrected chi connectivity index (χ3v) is 6.68. The Morgan fingerprint density at radius 1 is 1.21 bits per heavy atom. The molecular weight excluding hydrogens is 382 g/mol. The Hall–Kier alpha value is -2.41. The minimum absolute atomic E-state index is 0.108. The van der Waals surface area contributed by atoms with Crippen molar-refractivity contribution in [2.24, 2.45) is 16.0 Å². The molecule has 0 saturated heterocycles. The highest BCUT2D eigenvalue weighted by molar-refractivity contribution is 8.26. The van der Waals surface area contributed by atoms with Crippen LogP contribution in [0.5, 0.6) is 0 Å². The van der Waals surface area contributed by atoms with Crippen molar-refractivity contribution in [1.82, 2.24) is 5.01 Å². The first-order valence-corrected chi connectivity index (χ1v) is 11.1. The number of benzene rings is 1. The van der Waals surface area contributed by atoms with Crippen molar-refractivity contribution >= 4 is 45.5 Å². The first-order valence-electron chi connectivity index (χ1n) is 10.3. The van der Waals surface area contributed by atoms with Crippen LogP contribution in [0.3, 0.4) is 0 Å². The minimum atomic E-state index is -0.367. The predicted octanol–water partition coefficient (Wildman–Crippen LogP) is 4.73. The van der Waals surface area contributed by atoms with E-state index in [0.717, 1.165) is 35.1 Å². The Labute approximate surface area is 176 Å². The summed E-state index contributed by atoms with van der Waals surface area (Å²) < 4.78 is 0. The van der Waals surface area contributed by atoms with Crippen molar-refractivity contribution in [3.05, 3.63) is 35.4 Å². The summed E-state index contributed by atoms with van der Waals surface area (Å²) in [7, 11) is 3.97. The van der Waals surface area contributed by atoms with E-state index < -0.39 is 0 Å². The molecule has 29 heavy (non-hydrogen) atoms. The van der Waals surface area contributed by atoms with Crippen molar-refractivity contribution < 1.29 is 4.79 Å². The second-order valence-electron chi connectivity index (χ2n) is 8.04. The lowest BCUT2D eigenvalue weighted by atomic mass is 9.86. The van der Waals surface area contributed by atoms with Gasteiger partial charge >= 0.3 is 0 Å². The monoisotopic (exact) mass is 409 g/mol. The molecule has 0 bridgehead atoms. The van der Waals surface area contributed by atoms with Crippen molar-refractivity contribution in [3.8, 4) is 0 Å². The largest absolute Gasteiger partial charge is 0.378 e. The van der Waals surface area contributed by atoms with E-state index in [2.05, 4.69) is 10.1 Å². The summed E-state index contributed by atoms with van der Waals surface area (Å²) in [5.74, 6) is 0.527. The zero-order valence-corrected chi connectivity index (χ0v) is 17.8. The standard InChI is InChI=1S/C22H27N5OS/c1-26(2)17-11-8-16(9-12-17)14-18-20(23)27-22(24-21(18)28)29-19(25-27)13-10-15-6-4-3-5-7-15/h8-9,11-12,14-15,23H,3-7,10,13H2,1-2H3/b18-14+,23-20?. The number of nitrogens with one attached hydrogen (secondary N) is 1. The fourth-order valence-corrected chi connectivity index (χ4v) is 4.87. The number of aliphatic imine (C=N–C) groups is 1. The van der Waals surface area contributed by atoms with E-state index in [1.165, 1.54) is 48.9 Å². The van der Waals surface area contributed by atoms with Gasteiger partial charge in [-0.05, 0) is 54.3 Å². The molecule has 1 fully saturated rings. The average molecular weight is 410 g/mol. The van der Waals surface area contributed by atoms with Crippen LogP contribution < -0.4 is 4.90 Å². The average Bonchev–Trinajstić information content (AvgIpc) is 3.14. The Kier molecular flexibility index (Phi) is 5.85. The quantitative estimate of drug-likeness (QED) is 0.714. The van der Waals surface area contributed by atoms with Gasteiger partial charge in [0, 0.05) is 19.8 Å². The smallest absolute Gasteiger partial charge is 0.283 e. The summed E-state index contributed by atoms with van der Waals surface area (Å²) in [6.07, 6.45) is 10.4. The van der Waals surface area contributed by atoms with Gasteiger partial charge in [-0.25, -0.2) is 0 Å². The maximum absolute atomic E-state index is 12.5. The lowest BCUT2D eigenvalue weighted by molar-refractivity contribution is -0.114. The van der Waals surface area contributed by atoms with Crippen LogP contribution in [0.4, 0.5) is 5.69 Å². The zero-order chi connectivity index (χ0) is 20.4. The summed E-state index contributed by atoms with van der Waals surface area (Å²) in [4.78, 5) is 18.8. The third-order valence-electron chi connectivity index (χ3n) is 5.71. The predicted molar refractivity (Wildman–Crippen MR) is 122 cm³/mol. The van der Waals surface area contributed by atoms with E-state index in [4.69, 9.17) is 5.41 Å². The topological polar surface area (TPSA) is 72.1 Å². The minimum Gasteiger partial charge on any atom is -0.378 e. The molecule has 1 saturated carbocycles. The van der Waals surface area contributed by atoms with E-state index in [0.29, 0.717) is 5.17 Å². The Morgan fingerprint density at radius 2 is 1.93 bits per heavy atom. The lowest BCUT2D eigenvalue weighted by Crippen LogP contribution is -2.35. The van der Waals surface area contributed by atoms with Gasteiger partial charge in [-0.1, -0.05) is 44.2 Å². The van der Waals surface area contributed by atoms with E-state index in [-0.39, 0.29) is 17.3 Å². The number of hydrogen-bond acceptors (Lipinski definition) is 5. The molecule has 0 spiro atoms. The summed E-state index contributed by atoms with van der Waals surface area (Å²) in [5.41, 5.74) is 2.24. The number of rotatable bonds is 5. The highest BCUT2D eigenvalue weighted by Gasteiger charge is 2.35. The fraction of sp³-hybridized carbons (Fsp3) is 0.455. The molecule has 1 aliphatic carbocycles. The molecule has 0 atom stereocenters. The van der Waals surface area contributed by atoms with Crippen LogP contribution in [0, 0.1) is 11.3 Å². The maximum Gasteiger partial charge on any atom is 0.283 e. The van der Waals surface area contributed by atoms with Crippen LogP contribution in [0.25, 0.3) is 6.08 Å². The number of hydrogen-bond donors (Lipinski definition) is 1. The molecule has 0 radical (unpaired) electrons. The number of fused-ring (bicyclic) bond motifs is 1. The molecule has 152 valence electrons. The van der Waals surface area contributed by atoms with Crippen molar-refractivity contribution in [2.75, 3.05) is 19.0 Å². The second-order valence-corrected chi connectivity index (χ2v) is 9.08. The number of carbonyl (C=O) groups is 1. The van der Waals surface area contributed by atoms with Crippen LogP contribution in [0.1, 0.15) is 50.5 Å². The van der Waals surface area contributed by atoms with Gasteiger partial charge < -0.3 is 4.90 Å². The number of thioether (sulfide) groups is 1. The van der Waals surface area contributed by atoms with Gasteiger partial charge in [0.2, 0.25) is 5.17 Å². The van der Waals surface area contributed by atoms with E-state index >= 15 is 0 Å². The molecule has 1 aromatic carbocycles. The molecule has 7 heteroatoms. The van der Waals surface area contributed by atoms with Crippen LogP contribution in [-0.2, 0) is 4.79 Å². The van der Waals surface area contributed by atoms with Gasteiger partial charge in [0.1, 0.15) is 5.04 Å². The number of anilines is 1. The molecule has 2 heterocycles. The molecule has 1 amide bonds. The first-order chi connectivity index (χ1) is 14.0. The number of carbonyl (C=O) groups excluding carboxylic acids is 1. The van der Waals surface area contributed by atoms with Crippen LogP contribution in [0.2, 0.25) is 0 Å². The molecule has 1 N–H and O–H groups in total. The van der Waals surface area contributed by atoms with Gasteiger partial charge in [0.25, 0.3) is 5.91 Å². The van der Waals surface area contributed by atoms with Crippen molar-refractivity contribution in [3.63, 3.8) is 0 Å². The normalized spacial score (nSPS) is 21.3. The number of amidine groups is 2. The molecule has 2 aliphatic heterocycles. The van der Waals surface area contributed by atoms with Gasteiger partial charge in [-0.3, -0.25) is 10.2 Å². The zero-order valence-electron chi connectivity index (χ0n) is 17.0. The molecule has 4 rings (SSSR count). The number of amides is 1. The Bertz CT molecular complexity index is 894. The summed E-state index contributed by atoms with van der Waals surface area (Å²) in [6.45, 7) is 0. The van der Waals surface area contributed by atoms with E-state index in [9.17, 15) is 4.79 Å². The molecule has 6 nitrogen and oxygen atoms in total. The van der Waals surface area contributed by atoms with Crippen LogP contribution in [0.15, 0.2) is 39.9 Å². The summed E-state index contributed by atoms with van der Waals surface area (Å²) in [6, 6.07) is 7.87.